The minimum Gasteiger partial charge on any atom is -0.481 e. The second kappa shape index (κ2) is 14.0. The van der Waals surface area contributed by atoms with Crippen LogP contribution in [-0.4, -0.2) is 76.8 Å². The van der Waals surface area contributed by atoms with Gasteiger partial charge in [0.15, 0.2) is 5.60 Å². The third-order valence-electron chi connectivity index (χ3n) is 5.39. The lowest BCUT2D eigenvalue weighted by Crippen LogP contribution is -2.42. The van der Waals surface area contributed by atoms with Gasteiger partial charge in [-0.05, 0) is 48.6 Å². The average molecular weight is 568 g/mol. The number of carboxylic acids is 3. The van der Waals surface area contributed by atoms with Gasteiger partial charge in [-0.3, -0.25) is 19.6 Å². The van der Waals surface area contributed by atoms with Crippen molar-refractivity contribution in [2.75, 3.05) is 6.54 Å². The SMILES string of the molecule is Cc1ccsc1CN(Cc1cn[nH]c1-c1ccc(Cl)cc1)CC(C)O.O=C(O)CC(O)(CC(=O)O)C(=O)O. The number of carbonyl (C=O) groups is 3. The molecule has 0 aliphatic carbocycles. The number of nitrogens with zero attached hydrogens (tertiary/aromatic N) is 2. The van der Waals surface area contributed by atoms with Crippen LogP contribution in [0.25, 0.3) is 11.3 Å². The predicted molar refractivity (Wildman–Crippen MR) is 141 cm³/mol. The average Bonchev–Trinajstić information content (AvgIpc) is 3.42. The summed E-state index contributed by atoms with van der Waals surface area (Å²) in [6, 6.07) is 9.87. The molecule has 0 fully saturated rings. The first-order chi connectivity index (χ1) is 17.8. The maximum Gasteiger partial charge on any atom is 0.336 e. The molecule has 1 aromatic carbocycles. The number of nitrogens with one attached hydrogen (secondary N) is 1. The van der Waals surface area contributed by atoms with E-state index in [0.717, 1.165) is 29.9 Å². The molecular weight excluding hydrogens is 538 g/mol. The van der Waals surface area contributed by atoms with Crippen molar-refractivity contribution >= 4 is 40.8 Å². The molecule has 0 saturated carbocycles. The molecule has 1 atom stereocenters. The number of aryl methyl sites for hydroxylation is 1. The number of H-pyrrole nitrogens is 1. The molecule has 206 valence electrons. The molecule has 3 aromatic rings. The summed E-state index contributed by atoms with van der Waals surface area (Å²) in [4.78, 5) is 34.1. The highest BCUT2D eigenvalue weighted by molar-refractivity contribution is 7.10. The molecule has 2 heterocycles. The second-order valence-electron chi connectivity index (χ2n) is 8.80. The molecule has 2 aromatic heterocycles. The lowest BCUT2D eigenvalue weighted by Gasteiger charge is -2.23. The second-order valence-corrected chi connectivity index (χ2v) is 10.2. The van der Waals surface area contributed by atoms with Crippen molar-refractivity contribution in [1.29, 1.82) is 0 Å². The number of hydrogen-bond donors (Lipinski definition) is 6. The number of carboxylic acid groups (broad SMARTS) is 3. The van der Waals surface area contributed by atoms with Crippen molar-refractivity contribution in [3.05, 3.63) is 62.9 Å². The van der Waals surface area contributed by atoms with Gasteiger partial charge in [0.25, 0.3) is 0 Å². The zero-order valence-electron chi connectivity index (χ0n) is 20.8. The first-order valence-electron chi connectivity index (χ1n) is 11.4. The number of hydrogen-bond acceptors (Lipinski definition) is 8. The number of halogens is 1. The summed E-state index contributed by atoms with van der Waals surface area (Å²) in [5.41, 5.74) is 1.72. The Morgan fingerprint density at radius 2 is 1.68 bits per heavy atom. The Balaban J connectivity index is 0.000000332. The number of rotatable bonds is 12. The van der Waals surface area contributed by atoms with Crippen LogP contribution in [0.1, 0.15) is 35.8 Å². The minimum atomic E-state index is -2.74. The van der Waals surface area contributed by atoms with Crippen molar-refractivity contribution in [1.82, 2.24) is 15.1 Å². The molecule has 0 aliphatic rings. The number of aromatic nitrogens is 2. The smallest absolute Gasteiger partial charge is 0.336 e. The van der Waals surface area contributed by atoms with Crippen molar-refractivity contribution in [3.63, 3.8) is 0 Å². The fraction of sp³-hybridized carbons (Fsp3) is 0.360. The number of benzene rings is 1. The fourth-order valence-electron chi connectivity index (χ4n) is 3.58. The molecule has 3 rings (SSSR count). The molecule has 0 radical (unpaired) electrons. The molecular formula is C25H30ClN3O8S. The summed E-state index contributed by atoms with van der Waals surface area (Å²) in [6.45, 7) is 6.10. The lowest BCUT2D eigenvalue weighted by molar-refractivity contribution is -0.170. The highest BCUT2D eigenvalue weighted by Crippen LogP contribution is 2.25. The van der Waals surface area contributed by atoms with E-state index in [9.17, 15) is 19.5 Å². The van der Waals surface area contributed by atoms with E-state index in [-0.39, 0.29) is 6.10 Å². The van der Waals surface area contributed by atoms with Crippen LogP contribution in [-0.2, 0) is 27.5 Å². The Labute approximate surface area is 227 Å². The minimum absolute atomic E-state index is 0.383. The normalized spacial score (nSPS) is 12.1. The molecule has 0 bridgehead atoms. The van der Waals surface area contributed by atoms with Gasteiger partial charge in [-0.15, -0.1) is 11.3 Å². The molecule has 1 unspecified atom stereocenters. The van der Waals surface area contributed by atoms with Gasteiger partial charge in [0, 0.05) is 35.1 Å². The van der Waals surface area contributed by atoms with Gasteiger partial charge in [-0.1, -0.05) is 23.7 Å². The van der Waals surface area contributed by atoms with E-state index >= 15 is 0 Å². The molecule has 0 aliphatic heterocycles. The van der Waals surface area contributed by atoms with Crippen LogP contribution in [0.5, 0.6) is 0 Å². The zero-order chi connectivity index (χ0) is 28.5. The van der Waals surface area contributed by atoms with Crippen LogP contribution in [0, 0.1) is 6.92 Å². The van der Waals surface area contributed by atoms with Crippen LogP contribution < -0.4 is 0 Å². The van der Waals surface area contributed by atoms with Gasteiger partial charge in [0.1, 0.15) is 0 Å². The van der Waals surface area contributed by atoms with Crippen LogP contribution in [0.15, 0.2) is 41.9 Å². The van der Waals surface area contributed by atoms with Crippen molar-refractivity contribution < 1.29 is 39.9 Å². The predicted octanol–water partition coefficient (Wildman–Crippen LogP) is 3.23. The Morgan fingerprint density at radius 3 is 2.16 bits per heavy atom. The standard InChI is InChI=1S/C19H22ClN3OS.C6H8O7/c1-13-7-8-25-18(13)12-23(10-14(2)24)11-16-9-21-22-19(16)15-3-5-17(20)6-4-15;7-3(8)1-6(13,5(11)12)2-4(9)10/h3-9,14,24H,10-12H2,1-2H3,(H,21,22);13H,1-2H2,(H,7,8)(H,9,10)(H,11,12). The van der Waals surface area contributed by atoms with Crippen LogP contribution in [0.4, 0.5) is 0 Å². The Bertz CT molecular complexity index is 1210. The van der Waals surface area contributed by atoms with E-state index in [1.807, 2.05) is 37.4 Å². The summed E-state index contributed by atoms with van der Waals surface area (Å²) in [6.07, 6.45) is -0.810. The third kappa shape index (κ3) is 9.54. The van der Waals surface area contributed by atoms with Crippen molar-refractivity contribution in [2.45, 2.75) is 51.5 Å². The Kier molecular flexibility index (Phi) is 11.4. The maximum absolute atomic E-state index is 10.3. The summed E-state index contributed by atoms with van der Waals surface area (Å²) in [7, 11) is 0. The number of aliphatic hydroxyl groups excluding tert-OH is 1. The molecule has 11 nitrogen and oxygen atoms in total. The molecule has 38 heavy (non-hydrogen) atoms. The topological polar surface area (TPSA) is 184 Å². The van der Waals surface area contributed by atoms with Gasteiger partial charge in [-0.2, -0.15) is 5.10 Å². The van der Waals surface area contributed by atoms with Crippen LogP contribution in [0.3, 0.4) is 0 Å². The summed E-state index contributed by atoms with van der Waals surface area (Å²) in [5.74, 6) is -5.02. The third-order valence-corrected chi connectivity index (χ3v) is 6.65. The maximum atomic E-state index is 10.3. The quantitative estimate of drug-likeness (QED) is 0.190. The zero-order valence-corrected chi connectivity index (χ0v) is 22.4. The van der Waals surface area contributed by atoms with E-state index in [2.05, 4.69) is 33.5 Å². The number of thiophene rings is 1. The first kappa shape index (κ1) is 30.9. The molecule has 0 saturated heterocycles. The number of aliphatic hydroxyl groups is 2. The molecule has 0 amide bonds. The summed E-state index contributed by atoms with van der Waals surface area (Å²) in [5, 5.41) is 53.8. The van der Waals surface area contributed by atoms with E-state index < -0.39 is 36.4 Å². The van der Waals surface area contributed by atoms with Gasteiger partial charge >= 0.3 is 17.9 Å². The van der Waals surface area contributed by atoms with E-state index in [1.165, 1.54) is 10.4 Å². The van der Waals surface area contributed by atoms with Gasteiger partial charge in [0.05, 0.1) is 30.8 Å². The summed E-state index contributed by atoms with van der Waals surface area (Å²) >= 11 is 7.75. The Morgan fingerprint density at radius 1 is 1.08 bits per heavy atom. The van der Waals surface area contributed by atoms with Gasteiger partial charge in [0.2, 0.25) is 0 Å². The molecule has 6 N–H and O–H groups in total. The van der Waals surface area contributed by atoms with Crippen LogP contribution in [0.2, 0.25) is 5.02 Å². The number of aromatic amines is 1. The van der Waals surface area contributed by atoms with Crippen molar-refractivity contribution in [3.8, 4) is 11.3 Å². The highest BCUT2D eigenvalue weighted by atomic mass is 35.5. The van der Waals surface area contributed by atoms with E-state index in [4.69, 9.17) is 32.0 Å². The molecule has 0 spiro atoms. The largest absolute Gasteiger partial charge is 0.481 e. The van der Waals surface area contributed by atoms with E-state index in [1.54, 1.807) is 11.3 Å². The molecule has 13 heteroatoms. The van der Waals surface area contributed by atoms with Gasteiger partial charge < -0.3 is 25.5 Å². The van der Waals surface area contributed by atoms with Crippen LogP contribution >= 0.6 is 22.9 Å². The monoisotopic (exact) mass is 567 g/mol. The Hall–Kier alpha value is -3.29. The lowest BCUT2D eigenvalue weighted by atomic mass is 9.96. The highest BCUT2D eigenvalue weighted by Gasteiger charge is 2.40. The van der Waals surface area contributed by atoms with E-state index in [0.29, 0.717) is 11.6 Å². The van der Waals surface area contributed by atoms with Crippen molar-refractivity contribution in [2.24, 2.45) is 0 Å². The summed E-state index contributed by atoms with van der Waals surface area (Å²) < 4.78 is 0. The fourth-order valence-corrected chi connectivity index (χ4v) is 4.65. The number of aliphatic carboxylic acids is 3. The van der Waals surface area contributed by atoms with Gasteiger partial charge in [-0.25, -0.2) is 4.79 Å². The first-order valence-corrected chi connectivity index (χ1v) is 12.7.